The van der Waals surface area contributed by atoms with Crippen molar-refractivity contribution in [2.24, 2.45) is 11.8 Å². The maximum absolute atomic E-state index is 14.0. The highest BCUT2D eigenvalue weighted by molar-refractivity contribution is 6.36. The third-order valence-corrected chi connectivity index (χ3v) is 8.99. The molecule has 2 saturated carbocycles. The summed E-state index contributed by atoms with van der Waals surface area (Å²) in [5, 5.41) is 37.0. The van der Waals surface area contributed by atoms with E-state index >= 15 is 0 Å². The van der Waals surface area contributed by atoms with Crippen LogP contribution in [0.3, 0.4) is 0 Å². The van der Waals surface area contributed by atoms with Gasteiger partial charge in [-0.2, -0.15) is 10.5 Å². The van der Waals surface area contributed by atoms with Gasteiger partial charge < -0.3 is 10.6 Å². The van der Waals surface area contributed by atoms with Crippen molar-refractivity contribution in [3.8, 4) is 12.1 Å². The van der Waals surface area contributed by atoms with Gasteiger partial charge in [-0.1, -0.05) is 59.3 Å². The summed E-state index contributed by atoms with van der Waals surface area (Å²) in [6, 6.07) is 24.8. The fraction of sp³-hybridized carbons (Fsp3) is 0.242. The number of halogens is 2. The summed E-state index contributed by atoms with van der Waals surface area (Å²) in [5.74, 6) is -0.294. The van der Waals surface area contributed by atoms with Crippen LogP contribution >= 0.6 is 11.6 Å². The van der Waals surface area contributed by atoms with Crippen LogP contribution in [-0.4, -0.2) is 27.8 Å². The SMILES string of the molecule is BC(Nc1cc(Cl)c2ncc(C#N)c(N[C@@H](c3ccccc3)[C@H]3C[C@@H]3C#N)c2c1)(c1ccc(F)cc1)c1cn(C2CC2)nn1. The summed E-state index contributed by atoms with van der Waals surface area (Å²) in [6.07, 6.45) is 6.37. The van der Waals surface area contributed by atoms with Crippen molar-refractivity contribution in [2.45, 2.75) is 36.8 Å². The lowest BCUT2D eigenvalue weighted by atomic mass is 9.69. The van der Waals surface area contributed by atoms with Crippen molar-refractivity contribution >= 4 is 41.7 Å². The number of nitrogens with one attached hydrogen (secondary N) is 2. The first kappa shape index (κ1) is 27.9. The Bertz CT molecular complexity index is 1950. The molecule has 2 heterocycles. The fourth-order valence-electron chi connectivity index (χ4n) is 5.94. The monoisotopic (exact) mass is 600 g/mol. The zero-order valence-corrected chi connectivity index (χ0v) is 24.6. The third-order valence-electron chi connectivity index (χ3n) is 8.70. The summed E-state index contributed by atoms with van der Waals surface area (Å²) in [7, 11) is 1.98. The maximum atomic E-state index is 14.0. The van der Waals surface area contributed by atoms with Gasteiger partial charge in [-0.15, -0.1) is 5.10 Å². The molecule has 2 aliphatic rings. The number of aromatic nitrogens is 4. The zero-order chi connectivity index (χ0) is 30.4. The Morgan fingerprint density at radius 2 is 1.86 bits per heavy atom. The number of nitriles is 2. The van der Waals surface area contributed by atoms with Crippen LogP contribution in [0.2, 0.25) is 5.02 Å². The Kier molecular flexibility index (Phi) is 6.95. The van der Waals surface area contributed by atoms with E-state index in [-0.39, 0.29) is 23.7 Å². The molecule has 3 aromatic carbocycles. The van der Waals surface area contributed by atoms with Gasteiger partial charge in [0.25, 0.3) is 0 Å². The van der Waals surface area contributed by atoms with Crippen molar-refractivity contribution in [1.29, 1.82) is 10.5 Å². The lowest BCUT2D eigenvalue weighted by molar-refractivity contribution is 0.610. The van der Waals surface area contributed by atoms with Gasteiger partial charge in [0, 0.05) is 23.2 Å². The van der Waals surface area contributed by atoms with Crippen molar-refractivity contribution in [2.75, 3.05) is 10.6 Å². The van der Waals surface area contributed by atoms with Gasteiger partial charge in [0.15, 0.2) is 0 Å². The molecule has 2 aromatic heterocycles. The van der Waals surface area contributed by atoms with Crippen molar-refractivity contribution in [3.05, 3.63) is 112 Å². The average molecular weight is 601 g/mol. The Labute approximate surface area is 259 Å². The largest absolute Gasteiger partial charge is 0.378 e. The van der Waals surface area contributed by atoms with Gasteiger partial charge in [-0.05, 0) is 54.7 Å². The van der Waals surface area contributed by atoms with Gasteiger partial charge in [0.2, 0.25) is 0 Å². The molecule has 11 heteroatoms. The van der Waals surface area contributed by atoms with E-state index in [1.165, 1.54) is 18.3 Å². The predicted molar refractivity (Wildman–Crippen MR) is 169 cm³/mol. The first-order valence-corrected chi connectivity index (χ1v) is 15.0. The van der Waals surface area contributed by atoms with Crippen LogP contribution in [0, 0.1) is 40.3 Å². The molecule has 216 valence electrons. The number of benzene rings is 3. The summed E-state index contributed by atoms with van der Waals surface area (Å²) in [6.45, 7) is 0. The van der Waals surface area contributed by atoms with Crippen molar-refractivity contribution < 1.29 is 4.39 Å². The summed E-state index contributed by atoms with van der Waals surface area (Å²) < 4.78 is 15.9. The van der Waals surface area contributed by atoms with Gasteiger partial charge >= 0.3 is 0 Å². The standard InChI is InChI=1S/C33H27BClFN8/c34-33(22-6-8-23(36)9-7-22,29-18-44(43-42-29)25-10-11-25)41-24-13-27-31(21(16-38)17-39-32(27)28(35)14-24)40-30(26-12-20(26)15-37)19-4-2-1-3-5-19/h1-9,13-14,17-18,20,25-26,30,41H,10-12,34H2,(H,39,40)/t20-,26+,30+,33?/m1/s1. The first-order valence-electron chi connectivity index (χ1n) is 14.6. The van der Waals surface area contributed by atoms with Crippen LogP contribution in [0.25, 0.3) is 10.9 Å². The van der Waals surface area contributed by atoms with E-state index in [1.54, 1.807) is 18.2 Å². The summed E-state index contributed by atoms with van der Waals surface area (Å²) in [4.78, 5) is 4.54. The number of fused-ring (bicyclic) bond motifs is 1. The summed E-state index contributed by atoms with van der Waals surface area (Å²) in [5.41, 5.74) is 3.78. The molecular formula is C33H27BClFN8. The molecule has 2 N–H and O–H groups in total. The molecule has 44 heavy (non-hydrogen) atoms. The number of hydrogen-bond donors (Lipinski definition) is 2. The van der Waals surface area contributed by atoms with E-state index in [0.29, 0.717) is 44.6 Å². The maximum Gasteiger partial charge on any atom is 0.148 e. The molecule has 2 aliphatic carbocycles. The smallest absolute Gasteiger partial charge is 0.148 e. The molecule has 8 nitrogen and oxygen atoms in total. The minimum atomic E-state index is -0.897. The molecular weight excluding hydrogens is 574 g/mol. The topological polar surface area (TPSA) is 115 Å². The Morgan fingerprint density at radius 1 is 1.09 bits per heavy atom. The molecule has 5 aromatic rings. The second-order valence-corrected chi connectivity index (χ2v) is 12.2. The van der Waals surface area contributed by atoms with E-state index in [4.69, 9.17) is 11.6 Å². The van der Waals surface area contributed by atoms with Crippen molar-refractivity contribution in [1.82, 2.24) is 20.0 Å². The first-order chi connectivity index (χ1) is 21.4. The van der Waals surface area contributed by atoms with Gasteiger partial charge in [-0.25, -0.2) is 9.07 Å². The third kappa shape index (κ3) is 5.12. The highest BCUT2D eigenvalue weighted by atomic mass is 35.5. The number of anilines is 2. The average Bonchev–Trinajstić information content (AvgIpc) is 3.98. The Morgan fingerprint density at radius 3 is 2.55 bits per heavy atom. The van der Waals surface area contributed by atoms with Crippen LogP contribution < -0.4 is 10.6 Å². The molecule has 0 radical (unpaired) electrons. The highest BCUT2D eigenvalue weighted by Crippen LogP contribution is 2.49. The van der Waals surface area contributed by atoms with Gasteiger partial charge in [0.05, 0.1) is 57.5 Å². The molecule has 0 amide bonds. The van der Waals surface area contributed by atoms with Crippen LogP contribution in [0.15, 0.2) is 79.1 Å². The van der Waals surface area contributed by atoms with E-state index in [2.05, 4.69) is 38.1 Å². The lowest BCUT2D eigenvalue weighted by Crippen LogP contribution is -2.37. The van der Waals surface area contributed by atoms with Crippen LogP contribution in [0.1, 0.15) is 53.7 Å². The van der Waals surface area contributed by atoms with Crippen LogP contribution in [0.5, 0.6) is 0 Å². The second kappa shape index (κ2) is 11.0. The van der Waals surface area contributed by atoms with Gasteiger partial charge in [0.1, 0.15) is 25.4 Å². The number of hydrogen-bond acceptors (Lipinski definition) is 7. The minimum absolute atomic E-state index is 0.0624. The number of pyridine rings is 1. The van der Waals surface area contributed by atoms with Crippen LogP contribution in [0.4, 0.5) is 15.8 Å². The molecule has 2 fully saturated rings. The van der Waals surface area contributed by atoms with E-state index in [9.17, 15) is 14.9 Å². The molecule has 0 saturated heterocycles. The van der Waals surface area contributed by atoms with E-state index < -0.39 is 5.44 Å². The van der Waals surface area contributed by atoms with Gasteiger partial charge in [-0.3, -0.25) is 4.98 Å². The molecule has 0 spiro atoms. The lowest BCUT2D eigenvalue weighted by Gasteiger charge is -2.31. The second-order valence-electron chi connectivity index (χ2n) is 11.8. The molecule has 4 atom stereocenters. The highest BCUT2D eigenvalue weighted by Gasteiger charge is 2.44. The molecule has 0 aliphatic heterocycles. The minimum Gasteiger partial charge on any atom is -0.378 e. The predicted octanol–water partition coefficient (Wildman–Crippen LogP) is 6.08. The Hall–Kier alpha value is -4.93. The molecule has 7 rings (SSSR count). The normalized spacial score (nSPS) is 19.4. The van der Waals surface area contributed by atoms with E-state index in [1.807, 2.05) is 55.1 Å². The van der Waals surface area contributed by atoms with E-state index in [0.717, 1.165) is 30.4 Å². The molecule has 0 bridgehead atoms. The van der Waals surface area contributed by atoms with Crippen molar-refractivity contribution in [3.63, 3.8) is 0 Å². The van der Waals surface area contributed by atoms with Crippen LogP contribution in [-0.2, 0) is 5.44 Å². The fourth-order valence-corrected chi connectivity index (χ4v) is 6.20. The Balaban J connectivity index is 1.33. The molecule has 1 unspecified atom stereocenters. The number of rotatable bonds is 9. The number of nitrogens with zero attached hydrogens (tertiary/aromatic N) is 6. The zero-order valence-electron chi connectivity index (χ0n) is 23.9. The summed E-state index contributed by atoms with van der Waals surface area (Å²) >= 11 is 6.86. The quantitative estimate of drug-likeness (QED) is 0.197.